The highest BCUT2D eigenvalue weighted by atomic mass is 16.5. The number of hydrogen-bond acceptors (Lipinski definition) is 7. The van der Waals surface area contributed by atoms with Crippen LogP contribution in [0, 0.1) is 6.92 Å². The van der Waals surface area contributed by atoms with Crippen molar-refractivity contribution in [1.29, 1.82) is 0 Å². The maximum atomic E-state index is 13.0. The molecule has 4 aromatic heterocycles. The second kappa shape index (κ2) is 8.10. The molecule has 0 bridgehead atoms. The van der Waals surface area contributed by atoms with Gasteiger partial charge in [0.15, 0.2) is 0 Å². The molecule has 4 aromatic rings. The molecule has 0 spiro atoms. The number of aryl methyl sites for hydroxylation is 1. The van der Waals surface area contributed by atoms with Crippen LogP contribution in [0.2, 0.25) is 0 Å². The monoisotopic (exact) mass is 415 g/mol. The zero-order valence-electron chi connectivity index (χ0n) is 17.0. The van der Waals surface area contributed by atoms with Crippen LogP contribution in [0.25, 0.3) is 11.4 Å². The Hall–Kier alpha value is -3.88. The molecule has 156 valence electrons. The quantitative estimate of drug-likeness (QED) is 0.493. The minimum atomic E-state index is -0.115. The second-order valence-electron chi connectivity index (χ2n) is 7.64. The Morgan fingerprint density at radius 2 is 1.94 bits per heavy atom. The van der Waals surface area contributed by atoms with E-state index in [1.807, 2.05) is 54.5 Å². The van der Waals surface area contributed by atoms with Crippen LogP contribution in [0.1, 0.15) is 29.0 Å². The molecule has 2 atom stereocenters. The molecule has 1 aliphatic heterocycles. The number of rotatable bonds is 5. The predicted molar refractivity (Wildman–Crippen MR) is 111 cm³/mol. The summed E-state index contributed by atoms with van der Waals surface area (Å²) >= 11 is 0. The number of carbonyl (C=O) groups excluding carboxylic acids is 1. The highest BCUT2D eigenvalue weighted by Gasteiger charge is 2.40. The highest BCUT2D eigenvalue weighted by Crippen LogP contribution is 2.39. The van der Waals surface area contributed by atoms with Gasteiger partial charge in [-0.05, 0) is 36.8 Å². The van der Waals surface area contributed by atoms with Crippen LogP contribution in [0.15, 0.2) is 65.8 Å². The number of nitrogens with zero attached hydrogens (tertiary/aromatic N) is 7. The van der Waals surface area contributed by atoms with Gasteiger partial charge in [0.25, 0.3) is 0 Å². The first-order valence-electron chi connectivity index (χ1n) is 10.1. The first-order chi connectivity index (χ1) is 15.2. The third-order valence-electron chi connectivity index (χ3n) is 5.55. The summed E-state index contributed by atoms with van der Waals surface area (Å²) in [6.45, 7) is 3.16. The Balaban J connectivity index is 1.41. The van der Waals surface area contributed by atoms with Crippen molar-refractivity contribution in [2.75, 3.05) is 13.1 Å². The first kappa shape index (κ1) is 19.1. The molecule has 1 amide bonds. The van der Waals surface area contributed by atoms with E-state index in [9.17, 15) is 4.79 Å². The number of aromatic nitrogens is 6. The summed E-state index contributed by atoms with van der Waals surface area (Å²) in [5, 5.41) is 8.48. The summed E-state index contributed by atoms with van der Waals surface area (Å²) in [5.74, 6) is 0.941. The smallest absolute Gasteiger partial charge is 0.244 e. The zero-order valence-corrected chi connectivity index (χ0v) is 17.0. The molecule has 1 fully saturated rings. The fourth-order valence-corrected chi connectivity index (χ4v) is 3.98. The molecule has 31 heavy (non-hydrogen) atoms. The van der Waals surface area contributed by atoms with E-state index < -0.39 is 0 Å². The van der Waals surface area contributed by atoms with Gasteiger partial charge in [-0.1, -0.05) is 11.2 Å². The van der Waals surface area contributed by atoms with E-state index in [4.69, 9.17) is 4.52 Å². The van der Waals surface area contributed by atoms with Crippen molar-refractivity contribution in [3.63, 3.8) is 0 Å². The molecule has 5 rings (SSSR count). The summed E-state index contributed by atoms with van der Waals surface area (Å²) < 4.78 is 7.31. The summed E-state index contributed by atoms with van der Waals surface area (Å²) in [6.07, 6.45) is 8.78. The fraction of sp³-hybridized carbons (Fsp3) is 0.273. The maximum Gasteiger partial charge on any atom is 0.244 e. The van der Waals surface area contributed by atoms with E-state index in [0.717, 1.165) is 16.8 Å². The summed E-state index contributed by atoms with van der Waals surface area (Å²) in [7, 11) is 0. The van der Waals surface area contributed by atoms with Crippen LogP contribution in [0.3, 0.4) is 0 Å². The van der Waals surface area contributed by atoms with Gasteiger partial charge in [0.1, 0.15) is 6.54 Å². The Kier molecular flexibility index (Phi) is 4.99. The Bertz CT molecular complexity index is 1170. The Morgan fingerprint density at radius 3 is 2.68 bits per heavy atom. The van der Waals surface area contributed by atoms with Crippen molar-refractivity contribution in [3.05, 3.63) is 78.5 Å². The van der Waals surface area contributed by atoms with Gasteiger partial charge in [-0.25, -0.2) is 0 Å². The van der Waals surface area contributed by atoms with Gasteiger partial charge < -0.3 is 9.42 Å². The zero-order chi connectivity index (χ0) is 21.2. The molecule has 0 aliphatic carbocycles. The number of pyridine rings is 2. The van der Waals surface area contributed by atoms with Gasteiger partial charge in [-0.3, -0.25) is 19.4 Å². The van der Waals surface area contributed by atoms with Crippen LogP contribution >= 0.6 is 0 Å². The molecule has 9 nitrogen and oxygen atoms in total. The molecular formula is C22H21N7O2. The van der Waals surface area contributed by atoms with Crippen LogP contribution in [-0.4, -0.2) is 53.8 Å². The SMILES string of the molecule is Cc1ccn(CC(=O)N2C[C@@H](c3cccnc3)[C@H](c3nc(-c4ccncc4)no3)C2)n1. The minimum absolute atomic E-state index is 0.00774. The normalized spacial score (nSPS) is 18.4. The number of hydrogen-bond donors (Lipinski definition) is 0. The molecule has 0 unspecified atom stereocenters. The van der Waals surface area contributed by atoms with Gasteiger partial charge in [0, 0.05) is 55.6 Å². The highest BCUT2D eigenvalue weighted by molar-refractivity contribution is 5.76. The average Bonchev–Trinajstić information content (AvgIpc) is 3.54. The second-order valence-corrected chi connectivity index (χ2v) is 7.64. The standard InChI is InChI=1S/C22H21N7O2/c1-15-6-10-29(26-15)14-20(30)28-12-18(17-3-2-7-24-11-17)19(13-28)22-25-21(27-31-22)16-4-8-23-9-5-16/h2-11,18-19H,12-14H2,1H3/t18-,19+/m0/s1. The molecule has 1 aliphatic rings. The van der Waals surface area contributed by atoms with Crippen molar-refractivity contribution in [2.45, 2.75) is 25.3 Å². The molecule has 0 N–H and O–H groups in total. The summed E-state index contributed by atoms with van der Waals surface area (Å²) in [4.78, 5) is 27.7. The Labute approximate surface area is 178 Å². The van der Waals surface area contributed by atoms with Crippen molar-refractivity contribution >= 4 is 5.91 Å². The van der Waals surface area contributed by atoms with Gasteiger partial charge in [-0.2, -0.15) is 10.1 Å². The van der Waals surface area contributed by atoms with Gasteiger partial charge >= 0.3 is 0 Å². The molecule has 9 heteroatoms. The van der Waals surface area contributed by atoms with E-state index >= 15 is 0 Å². The lowest BCUT2D eigenvalue weighted by Gasteiger charge is -2.16. The van der Waals surface area contributed by atoms with E-state index in [1.54, 1.807) is 23.3 Å². The topological polar surface area (TPSA) is 103 Å². The lowest BCUT2D eigenvalue weighted by Crippen LogP contribution is -2.32. The third kappa shape index (κ3) is 3.94. The van der Waals surface area contributed by atoms with Crippen molar-refractivity contribution in [1.82, 2.24) is 34.8 Å². The Morgan fingerprint density at radius 1 is 1.10 bits per heavy atom. The van der Waals surface area contributed by atoms with Gasteiger partial charge in [0.05, 0.1) is 11.6 Å². The van der Waals surface area contributed by atoms with E-state index in [1.165, 1.54) is 0 Å². The third-order valence-corrected chi connectivity index (χ3v) is 5.55. The van der Waals surface area contributed by atoms with E-state index in [-0.39, 0.29) is 24.3 Å². The maximum absolute atomic E-state index is 13.0. The number of likely N-dealkylation sites (tertiary alicyclic amines) is 1. The molecule has 1 saturated heterocycles. The van der Waals surface area contributed by atoms with Crippen LogP contribution in [0.4, 0.5) is 0 Å². The van der Waals surface area contributed by atoms with E-state index in [0.29, 0.717) is 24.8 Å². The lowest BCUT2D eigenvalue weighted by atomic mass is 9.90. The van der Waals surface area contributed by atoms with Gasteiger partial charge in [-0.15, -0.1) is 0 Å². The molecule has 5 heterocycles. The fourth-order valence-electron chi connectivity index (χ4n) is 3.98. The lowest BCUT2D eigenvalue weighted by molar-refractivity contribution is -0.131. The van der Waals surface area contributed by atoms with E-state index in [2.05, 4.69) is 25.2 Å². The average molecular weight is 415 g/mol. The number of carbonyl (C=O) groups is 1. The van der Waals surface area contributed by atoms with Crippen molar-refractivity contribution in [3.8, 4) is 11.4 Å². The van der Waals surface area contributed by atoms with Crippen molar-refractivity contribution in [2.24, 2.45) is 0 Å². The van der Waals surface area contributed by atoms with Crippen LogP contribution in [0.5, 0.6) is 0 Å². The largest absolute Gasteiger partial charge is 0.340 e. The predicted octanol–water partition coefficient (Wildman–Crippen LogP) is 2.44. The molecule has 0 saturated carbocycles. The molecular weight excluding hydrogens is 394 g/mol. The molecule has 0 radical (unpaired) electrons. The van der Waals surface area contributed by atoms with Crippen LogP contribution in [-0.2, 0) is 11.3 Å². The summed E-state index contributed by atoms with van der Waals surface area (Å²) in [5.41, 5.74) is 2.76. The first-order valence-corrected chi connectivity index (χ1v) is 10.1. The molecule has 0 aromatic carbocycles. The minimum Gasteiger partial charge on any atom is -0.340 e. The van der Waals surface area contributed by atoms with Crippen molar-refractivity contribution < 1.29 is 9.32 Å². The summed E-state index contributed by atoms with van der Waals surface area (Å²) in [6, 6.07) is 9.49. The van der Waals surface area contributed by atoms with Gasteiger partial charge in [0.2, 0.25) is 17.6 Å². The number of amides is 1. The van der Waals surface area contributed by atoms with Crippen LogP contribution < -0.4 is 0 Å².